The minimum Gasteiger partial charge on any atom is -0.336 e. The molecule has 1 aromatic carbocycles. The molecular weight excluding hydrogens is 497 g/mol. The van der Waals surface area contributed by atoms with E-state index in [1.54, 1.807) is 36.9 Å². The molecule has 0 atom stereocenters. The highest BCUT2D eigenvalue weighted by molar-refractivity contribution is 7.88. The Labute approximate surface area is 209 Å². The fourth-order valence-corrected chi connectivity index (χ4v) is 4.48. The van der Waals surface area contributed by atoms with Crippen molar-refractivity contribution in [3.05, 3.63) is 72.8 Å². The number of rotatable bonds is 6. The van der Waals surface area contributed by atoms with Crippen LogP contribution < -0.4 is 4.72 Å². The number of nitrogens with one attached hydrogen (secondary N) is 3. The van der Waals surface area contributed by atoms with Crippen LogP contribution in [0.15, 0.2) is 61.4 Å². The molecule has 0 saturated carbocycles. The zero-order valence-electron chi connectivity index (χ0n) is 19.3. The van der Waals surface area contributed by atoms with Crippen LogP contribution in [0.25, 0.3) is 56.0 Å². The van der Waals surface area contributed by atoms with E-state index in [9.17, 15) is 12.8 Å². The second-order valence-electron chi connectivity index (χ2n) is 8.40. The van der Waals surface area contributed by atoms with Crippen molar-refractivity contribution in [1.29, 1.82) is 0 Å². The molecule has 0 saturated heterocycles. The Kier molecular flexibility index (Phi) is 5.43. The van der Waals surface area contributed by atoms with Gasteiger partial charge in [0.2, 0.25) is 10.0 Å². The normalized spacial score (nSPS) is 11.9. The first-order chi connectivity index (χ1) is 17.8. The Morgan fingerprint density at radius 3 is 2.62 bits per heavy atom. The van der Waals surface area contributed by atoms with Crippen molar-refractivity contribution >= 4 is 32.0 Å². The average molecular weight is 516 g/mol. The van der Waals surface area contributed by atoms with Crippen molar-refractivity contribution in [3.8, 4) is 34.0 Å². The fraction of sp³-hybridized carbons (Fsp3) is 0.0833. The van der Waals surface area contributed by atoms with Crippen LogP contribution in [0.3, 0.4) is 0 Å². The summed E-state index contributed by atoms with van der Waals surface area (Å²) in [6.45, 7) is -0.0481. The summed E-state index contributed by atoms with van der Waals surface area (Å²) in [5.41, 5.74) is 5.33. The number of nitrogens with zero attached hydrogens (tertiary/aromatic N) is 6. The Bertz CT molecular complexity index is 1890. The number of hydrogen-bond donors (Lipinski definition) is 3. The maximum Gasteiger partial charge on any atom is 0.209 e. The van der Waals surface area contributed by atoms with Gasteiger partial charge in [-0.2, -0.15) is 5.10 Å². The lowest BCUT2D eigenvalue weighted by Crippen LogP contribution is -2.21. The molecule has 0 aliphatic heterocycles. The van der Waals surface area contributed by atoms with Gasteiger partial charge >= 0.3 is 0 Å². The third kappa shape index (κ3) is 4.52. The summed E-state index contributed by atoms with van der Waals surface area (Å²) in [5, 5.41) is 8.20. The summed E-state index contributed by atoms with van der Waals surface area (Å²) in [6.07, 6.45) is 9.14. The van der Waals surface area contributed by atoms with E-state index in [-0.39, 0.29) is 6.54 Å². The van der Waals surface area contributed by atoms with Crippen molar-refractivity contribution in [2.75, 3.05) is 6.26 Å². The van der Waals surface area contributed by atoms with Gasteiger partial charge in [0.15, 0.2) is 5.82 Å². The first kappa shape index (κ1) is 22.8. The summed E-state index contributed by atoms with van der Waals surface area (Å²) in [5.74, 6) is -0.0205. The highest BCUT2D eigenvalue weighted by Gasteiger charge is 2.18. The molecule has 3 N–H and O–H groups in total. The Balaban J connectivity index is 1.44. The van der Waals surface area contributed by atoms with E-state index < -0.39 is 15.8 Å². The van der Waals surface area contributed by atoms with Crippen LogP contribution in [0, 0.1) is 5.82 Å². The highest BCUT2D eigenvalue weighted by Crippen LogP contribution is 2.32. The molecule has 6 aromatic rings. The number of sulfonamides is 1. The molecule has 5 aromatic heterocycles. The lowest BCUT2D eigenvalue weighted by atomic mass is 10.1. The lowest BCUT2D eigenvalue weighted by Gasteiger charge is -2.07. The van der Waals surface area contributed by atoms with E-state index in [0.717, 1.165) is 22.7 Å². The van der Waals surface area contributed by atoms with E-state index in [0.29, 0.717) is 45.1 Å². The van der Waals surface area contributed by atoms with Gasteiger partial charge < -0.3 is 4.98 Å². The number of benzene rings is 1. The molecule has 0 radical (unpaired) electrons. The van der Waals surface area contributed by atoms with Gasteiger partial charge in [0.05, 0.1) is 34.9 Å². The molecule has 0 unspecified atom stereocenters. The molecule has 13 heteroatoms. The molecule has 0 aliphatic rings. The summed E-state index contributed by atoms with van der Waals surface area (Å²) >= 11 is 0. The van der Waals surface area contributed by atoms with Gasteiger partial charge in [-0.1, -0.05) is 0 Å². The number of H-pyrrole nitrogens is 2. The van der Waals surface area contributed by atoms with Crippen molar-refractivity contribution in [2.45, 2.75) is 6.54 Å². The zero-order valence-corrected chi connectivity index (χ0v) is 20.1. The molecule has 0 amide bonds. The standard InChI is InChI=1S/C24H18FN9O2S/c1-37(35,36)30-8-13-4-14(6-16(25)5-13)21-23-18(2-3-28-21)31-24(32-23)22-17-7-19(15-9-26-12-27-10-15)29-11-20(17)33-34-22/h2-7,9-12,30H,8H2,1H3,(H,31,32)(H,33,34). The van der Waals surface area contributed by atoms with E-state index >= 15 is 0 Å². The molecule has 184 valence electrons. The topological polar surface area (TPSA) is 155 Å². The van der Waals surface area contributed by atoms with Crippen LogP contribution in [0.5, 0.6) is 0 Å². The number of aromatic nitrogens is 8. The first-order valence-corrected chi connectivity index (χ1v) is 12.9. The van der Waals surface area contributed by atoms with Crippen molar-refractivity contribution in [1.82, 2.24) is 44.8 Å². The summed E-state index contributed by atoms with van der Waals surface area (Å²) in [4.78, 5) is 25.0. The van der Waals surface area contributed by atoms with Crippen molar-refractivity contribution in [3.63, 3.8) is 0 Å². The molecular formula is C24H18FN9O2S. The van der Waals surface area contributed by atoms with Gasteiger partial charge in [-0.15, -0.1) is 0 Å². The molecule has 0 bridgehead atoms. The van der Waals surface area contributed by atoms with Crippen LogP contribution in [0.1, 0.15) is 5.56 Å². The van der Waals surface area contributed by atoms with E-state index in [1.165, 1.54) is 18.5 Å². The molecule has 0 aliphatic carbocycles. The molecule has 37 heavy (non-hydrogen) atoms. The molecule has 5 heterocycles. The third-order valence-corrected chi connectivity index (χ3v) is 6.37. The highest BCUT2D eigenvalue weighted by atomic mass is 32.2. The van der Waals surface area contributed by atoms with Crippen molar-refractivity contribution < 1.29 is 12.8 Å². The number of fused-ring (bicyclic) bond motifs is 2. The maximum absolute atomic E-state index is 14.5. The number of pyridine rings is 2. The van der Waals surface area contributed by atoms with E-state index in [4.69, 9.17) is 4.98 Å². The van der Waals surface area contributed by atoms with Gasteiger partial charge in [0.1, 0.15) is 23.4 Å². The van der Waals surface area contributed by atoms with Crippen molar-refractivity contribution in [2.24, 2.45) is 0 Å². The molecule has 0 spiro atoms. The zero-order chi connectivity index (χ0) is 25.6. The Hall–Kier alpha value is -4.62. The predicted molar refractivity (Wildman–Crippen MR) is 135 cm³/mol. The number of halogens is 1. The van der Waals surface area contributed by atoms with E-state index in [2.05, 4.69) is 39.8 Å². The SMILES string of the molecule is CS(=O)(=O)NCc1cc(F)cc(-c2nccc3[nH]c(-c4n[nH]c5cnc(-c6cncnc6)cc45)nc23)c1. The quantitative estimate of drug-likeness (QED) is 0.305. The van der Waals surface area contributed by atoms with Gasteiger partial charge in [-0.3, -0.25) is 15.1 Å². The molecule has 11 nitrogen and oxygen atoms in total. The van der Waals surface area contributed by atoms with Gasteiger partial charge in [-0.25, -0.2) is 32.5 Å². The van der Waals surface area contributed by atoms with Crippen LogP contribution in [-0.4, -0.2) is 54.8 Å². The number of hydrogen-bond acceptors (Lipinski definition) is 8. The largest absolute Gasteiger partial charge is 0.336 e. The van der Waals surface area contributed by atoms with E-state index in [1.807, 2.05) is 6.07 Å². The average Bonchev–Trinajstić information content (AvgIpc) is 3.51. The predicted octanol–water partition coefficient (Wildman–Crippen LogP) is 3.21. The lowest BCUT2D eigenvalue weighted by molar-refractivity contribution is 0.586. The smallest absolute Gasteiger partial charge is 0.209 e. The van der Waals surface area contributed by atoms with Gasteiger partial charge in [0.25, 0.3) is 0 Å². The maximum atomic E-state index is 14.5. The minimum absolute atomic E-state index is 0.0481. The fourth-order valence-electron chi connectivity index (χ4n) is 4.05. The number of imidazole rings is 1. The molecule has 0 fully saturated rings. The second kappa shape index (κ2) is 8.80. The molecule has 6 rings (SSSR count). The minimum atomic E-state index is -3.43. The monoisotopic (exact) mass is 515 g/mol. The summed E-state index contributed by atoms with van der Waals surface area (Å²) < 4.78 is 39.8. The van der Waals surface area contributed by atoms with Crippen LogP contribution >= 0.6 is 0 Å². The summed E-state index contributed by atoms with van der Waals surface area (Å²) in [6, 6.07) is 7.94. The summed E-state index contributed by atoms with van der Waals surface area (Å²) in [7, 11) is -3.43. The second-order valence-corrected chi connectivity index (χ2v) is 10.2. The van der Waals surface area contributed by atoms with Gasteiger partial charge in [-0.05, 0) is 35.9 Å². The Morgan fingerprint density at radius 2 is 1.81 bits per heavy atom. The van der Waals surface area contributed by atoms with Crippen LogP contribution in [0.2, 0.25) is 0 Å². The van der Waals surface area contributed by atoms with Gasteiger partial charge in [0, 0.05) is 41.6 Å². The van der Waals surface area contributed by atoms with Crippen LogP contribution in [0.4, 0.5) is 4.39 Å². The first-order valence-electron chi connectivity index (χ1n) is 11.0. The van der Waals surface area contributed by atoms with Crippen LogP contribution in [-0.2, 0) is 16.6 Å². The third-order valence-electron chi connectivity index (χ3n) is 5.70. The number of aromatic amines is 2. The Morgan fingerprint density at radius 1 is 0.973 bits per heavy atom.